The zero-order valence-electron chi connectivity index (χ0n) is 14.0. The number of fused-ring (bicyclic) bond motifs is 3. The molecule has 24 heavy (non-hydrogen) atoms. The smallest absolute Gasteiger partial charge is 0.162 e. The van der Waals surface area contributed by atoms with Crippen LogP contribution in [0.15, 0.2) is 29.3 Å². The van der Waals surface area contributed by atoms with E-state index in [0.29, 0.717) is 0 Å². The van der Waals surface area contributed by atoms with E-state index >= 15 is 0 Å². The van der Waals surface area contributed by atoms with Gasteiger partial charge in [0.1, 0.15) is 22.6 Å². The molecule has 0 saturated carbocycles. The van der Waals surface area contributed by atoms with E-state index in [-0.39, 0.29) is 11.8 Å². The zero-order valence-corrected chi connectivity index (χ0v) is 14.8. The van der Waals surface area contributed by atoms with Crippen molar-refractivity contribution in [3.63, 3.8) is 0 Å². The largest absolute Gasteiger partial charge is 0.508 e. The van der Waals surface area contributed by atoms with Crippen molar-refractivity contribution in [2.45, 2.75) is 33.7 Å². The highest BCUT2D eigenvalue weighted by molar-refractivity contribution is 7.15. The van der Waals surface area contributed by atoms with Gasteiger partial charge in [-0.15, -0.1) is 21.5 Å². The summed E-state index contributed by atoms with van der Waals surface area (Å²) < 4.78 is 2.13. The average Bonchev–Trinajstić information content (AvgIpc) is 3.03. The standard InChI is InChI=1S/C18H18N4OS/c1-9-11(3)24-18-15(9)16(13-5-7-14(23)8-6-13)19-10(2)17-21-20-12(4)22(17)18/h5-8,10,23H,1-4H3/t10-/m0/s1. The van der Waals surface area contributed by atoms with E-state index in [2.05, 4.69) is 28.6 Å². The molecule has 1 N–H and O–H groups in total. The lowest BCUT2D eigenvalue weighted by atomic mass is 9.99. The van der Waals surface area contributed by atoms with Crippen molar-refractivity contribution in [2.75, 3.05) is 0 Å². The number of nitrogens with zero attached hydrogens (tertiary/aromatic N) is 4. The third kappa shape index (κ3) is 2.10. The number of phenols is 1. The average molecular weight is 338 g/mol. The van der Waals surface area contributed by atoms with Crippen LogP contribution in [0.2, 0.25) is 0 Å². The van der Waals surface area contributed by atoms with Crippen LogP contribution >= 0.6 is 11.3 Å². The van der Waals surface area contributed by atoms with Crippen molar-refractivity contribution in [1.82, 2.24) is 14.8 Å². The van der Waals surface area contributed by atoms with Crippen molar-refractivity contribution in [2.24, 2.45) is 4.99 Å². The SMILES string of the molecule is Cc1sc2c(c1C)C(c1ccc(O)cc1)=N[C@@H](C)c1nnc(C)n1-2. The number of phenolic OH excluding ortho intramolecular Hbond substituents is 1. The summed E-state index contributed by atoms with van der Waals surface area (Å²) in [5.41, 5.74) is 4.31. The fourth-order valence-electron chi connectivity index (χ4n) is 3.10. The number of aromatic nitrogens is 3. The molecule has 1 atom stereocenters. The predicted octanol–water partition coefficient (Wildman–Crippen LogP) is 3.87. The fraction of sp³-hybridized carbons (Fsp3) is 0.278. The van der Waals surface area contributed by atoms with E-state index in [9.17, 15) is 5.11 Å². The molecule has 6 heteroatoms. The molecule has 1 aromatic carbocycles. The van der Waals surface area contributed by atoms with E-state index < -0.39 is 0 Å². The van der Waals surface area contributed by atoms with Crippen molar-refractivity contribution >= 4 is 17.0 Å². The summed E-state index contributed by atoms with van der Waals surface area (Å²) in [6.45, 7) is 8.28. The van der Waals surface area contributed by atoms with Crippen LogP contribution in [0.1, 0.15) is 46.2 Å². The maximum atomic E-state index is 9.60. The topological polar surface area (TPSA) is 63.3 Å². The molecule has 5 nitrogen and oxygen atoms in total. The Balaban J connectivity index is 2.04. The number of aliphatic imine (C=N–C) groups is 1. The quantitative estimate of drug-likeness (QED) is 0.732. The molecule has 0 bridgehead atoms. The van der Waals surface area contributed by atoms with Gasteiger partial charge in [-0.25, -0.2) is 0 Å². The van der Waals surface area contributed by atoms with Crippen LogP contribution in [-0.4, -0.2) is 25.6 Å². The molecule has 0 spiro atoms. The van der Waals surface area contributed by atoms with E-state index in [1.54, 1.807) is 23.5 Å². The van der Waals surface area contributed by atoms with Gasteiger partial charge in [0.05, 0.1) is 5.71 Å². The number of aromatic hydroxyl groups is 1. The van der Waals surface area contributed by atoms with Gasteiger partial charge in [-0.2, -0.15) is 0 Å². The highest BCUT2D eigenvalue weighted by Crippen LogP contribution is 2.38. The Kier molecular flexibility index (Phi) is 3.31. The Labute approximate surface area is 144 Å². The van der Waals surface area contributed by atoms with E-state index in [1.165, 1.54) is 10.4 Å². The molecule has 0 unspecified atom stereocenters. The van der Waals surface area contributed by atoms with Crippen LogP contribution in [0.4, 0.5) is 0 Å². The van der Waals surface area contributed by atoms with Crippen molar-refractivity contribution in [3.05, 3.63) is 57.5 Å². The van der Waals surface area contributed by atoms with E-state index in [1.807, 2.05) is 26.0 Å². The second-order valence-electron chi connectivity index (χ2n) is 6.10. The summed E-state index contributed by atoms with van der Waals surface area (Å²) in [6.07, 6.45) is 0. The molecule has 2 aromatic heterocycles. The number of thiophene rings is 1. The van der Waals surface area contributed by atoms with Gasteiger partial charge in [-0.3, -0.25) is 9.56 Å². The lowest BCUT2D eigenvalue weighted by Gasteiger charge is -2.09. The van der Waals surface area contributed by atoms with E-state index in [4.69, 9.17) is 4.99 Å². The first-order valence-electron chi connectivity index (χ1n) is 7.87. The Hall–Kier alpha value is -2.47. The number of rotatable bonds is 1. The highest BCUT2D eigenvalue weighted by atomic mass is 32.1. The van der Waals surface area contributed by atoms with E-state index in [0.717, 1.165) is 33.5 Å². The van der Waals surface area contributed by atoms with Crippen LogP contribution in [0, 0.1) is 20.8 Å². The molecule has 0 fully saturated rings. The molecule has 0 aliphatic carbocycles. The molecule has 4 rings (SSSR count). The first kappa shape index (κ1) is 15.1. The normalized spacial score (nSPS) is 16.3. The molecular weight excluding hydrogens is 320 g/mol. The predicted molar refractivity (Wildman–Crippen MR) is 95.6 cm³/mol. The lowest BCUT2D eigenvalue weighted by molar-refractivity contribution is 0.475. The zero-order chi connectivity index (χ0) is 17.0. The first-order chi connectivity index (χ1) is 11.5. The number of aryl methyl sites for hydroxylation is 2. The number of hydrogen-bond acceptors (Lipinski definition) is 5. The van der Waals surface area contributed by atoms with Crippen LogP contribution in [0.5, 0.6) is 5.75 Å². The minimum Gasteiger partial charge on any atom is -0.508 e. The van der Waals surface area contributed by atoms with Crippen molar-refractivity contribution < 1.29 is 5.11 Å². The minimum atomic E-state index is -0.0886. The van der Waals surface area contributed by atoms with Crippen LogP contribution < -0.4 is 0 Å². The molecule has 0 saturated heterocycles. The summed E-state index contributed by atoms with van der Waals surface area (Å²) in [7, 11) is 0. The molecule has 122 valence electrons. The van der Waals surface area contributed by atoms with Gasteiger partial charge in [0.15, 0.2) is 5.82 Å². The summed E-state index contributed by atoms with van der Waals surface area (Å²) in [6, 6.07) is 7.14. The summed E-state index contributed by atoms with van der Waals surface area (Å²) in [4.78, 5) is 6.23. The van der Waals surface area contributed by atoms with Gasteiger partial charge in [0.25, 0.3) is 0 Å². The Morgan fingerprint density at radius 2 is 1.79 bits per heavy atom. The maximum absolute atomic E-state index is 9.60. The summed E-state index contributed by atoms with van der Waals surface area (Å²) in [5.74, 6) is 2.00. The monoisotopic (exact) mass is 338 g/mol. The lowest BCUT2D eigenvalue weighted by Crippen LogP contribution is -2.07. The minimum absolute atomic E-state index is 0.0886. The van der Waals surface area contributed by atoms with Crippen molar-refractivity contribution in [1.29, 1.82) is 0 Å². The molecule has 0 radical (unpaired) electrons. The summed E-state index contributed by atoms with van der Waals surface area (Å²) in [5, 5.41) is 19.3. The van der Waals surface area contributed by atoms with Crippen LogP contribution in [0.3, 0.4) is 0 Å². The molecule has 0 amide bonds. The van der Waals surface area contributed by atoms with Gasteiger partial charge < -0.3 is 5.11 Å². The molecular formula is C18H18N4OS. The Morgan fingerprint density at radius 3 is 2.50 bits per heavy atom. The van der Waals surface area contributed by atoms with Gasteiger partial charge in [-0.05, 0) is 57.5 Å². The van der Waals surface area contributed by atoms with Gasteiger partial charge >= 0.3 is 0 Å². The maximum Gasteiger partial charge on any atom is 0.162 e. The Morgan fingerprint density at radius 1 is 1.08 bits per heavy atom. The number of hydrogen-bond donors (Lipinski definition) is 1. The van der Waals surface area contributed by atoms with Crippen LogP contribution in [-0.2, 0) is 0 Å². The molecule has 1 aliphatic heterocycles. The third-order valence-corrected chi connectivity index (χ3v) is 5.69. The Bertz CT molecular complexity index is 966. The number of benzene rings is 1. The van der Waals surface area contributed by atoms with Gasteiger partial charge in [0, 0.05) is 16.0 Å². The third-order valence-electron chi connectivity index (χ3n) is 4.49. The second-order valence-corrected chi connectivity index (χ2v) is 7.31. The molecule has 3 heterocycles. The summed E-state index contributed by atoms with van der Waals surface area (Å²) >= 11 is 1.75. The van der Waals surface area contributed by atoms with Gasteiger partial charge in [0.2, 0.25) is 0 Å². The first-order valence-corrected chi connectivity index (χ1v) is 8.69. The molecule has 3 aromatic rings. The van der Waals surface area contributed by atoms with Gasteiger partial charge in [-0.1, -0.05) is 0 Å². The van der Waals surface area contributed by atoms with Crippen molar-refractivity contribution in [3.8, 4) is 10.8 Å². The van der Waals surface area contributed by atoms with Crippen LogP contribution in [0.25, 0.3) is 5.00 Å². The second kappa shape index (κ2) is 5.27. The highest BCUT2D eigenvalue weighted by Gasteiger charge is 2.29. The molecule has 1 aliphatic rings. The fourth-order valence-corrected chi connectivity index (χ4v) is 4.31.